The Morgan fingerprint density at radius 2 is 1.86 bits per heavy atom. The molecule has 0 fully saturated rings. The number of nitrogens with zero attached hydrogens (tertiary/aromatic N) is 5. The summed E-state index contributed by atoms with van der Waals surface area (Å²) in [5.74, 6) is 1.97. The predicted octanol–water partition coefficient (Wildman–Crippen LogP) is 4.80. The van der Waals surface area contributed by atoms with Crippen LogP contribution in [0.4, 0.5) is 22.0 Å². The predicted molar refractivity (Wildman–Crippen MR) is 140 cm³/mol. The van der Waals surface area contributed by atoms with Gasteiger partial charge >= 0.3 is 6.09 Å². The molecule has 37 heavy (non-hydrogen) atoms. The van der Waals surface area contributed by atoms with E-state index in [0.29, 0.717) is 28.7 Å². The molecule has 0 unspecified atom stereocenters. The highest BCUT2D eigenvalue weighted by Crippen LogP contribution is 2.30. The number of ether oxygens (including phenoxy) is 2. The van der Waals surface area contributed by atoms with Crippen LogP contribution in [0.15, 0.2) is 67.4 Å². The number of amides is 1. The van der Waals surface area contributed by atoms with Crippen LogP contribution in [0.25, 0.3) is 16.6 Å². The standard InChI is InChI=1S/C26H26N8O3/c1-16-10-17(5-7-22(16)37-19-8-9-34-23(12-19)29-15-31-34)32-24-20-11-18(4-6-21(20)28-14-30-24)33-25(35)36-13-26(2,3)27/h4-12,14-15H,13,27H2,1-3H3,(H,33,35)(H,28,30,32). The van der Waals surface area contributed by atoms with Crippen LogP contribution in [0.3, 0.4) is 0 Å². The summed E-state index contributed by atoms with van der Waals surface area (Å²) >= 11 is 0. The molecule has 0 aliphatic rings. The minimum atomic E-state index is -0.616. The third kappa shape index (κ3) is 5.73. The zero-order valence-electron chi connectivity index (χ0n) is 20.6. The number of anilines is 3. The summed E-state index contributed by atoms with van der Waals surface area (Å²) in [7, 11) is 0. The highest BCUT2D eigenvalue weighted by molar-refractivity contribution is 5.95. The Balaban J connectivity index is 1.33. The number of carbonyl (C=O) groups excluding carboxylic acids is 1. The number of nitrogens with one attached hydrogen (secondary N) is 2. The average Bonchev–Trinajstić information content (AvgIpc) is 3.32. The number of aromatic nitrogens is 5. The van der Waals surface area contributed by atoms with Gasteiger partial charge in [-0.25, -0.2) is 24.3 Å². The molecule has 0 radical (unpaired) electrons. The van der Waals surface area contributed by atoms with E-state index >= 15 is 0 Å². The Kier molecular flexibility index (Phi) is 6.28. The van der Waals surface area contributed by atoms with Crippen molar-refractivity contribution in [2.75, 3.05) is 17.2 Å². The van der Waals surface area contributed by atoms with Crippen LogP contribution in [-0.2, 0) is 4.74 Å². The summed E-state index contributed by atoms with van der Waals surface area (Å²) in [6.45, 7) is 5.62. The third-order valence-corrected chi connectivity index (χ3v) is 5.37. The van der Waals surface area contributed by atoms with E-state index in [9.17, 15) is 4.79 Å². The highest BCUT2D eigenvalue weighted by atomic mass is 16.5. The van der Waals surface area contributed by atoms with Gasteiger partial charge in [0.05, 0.1) is 5.52 Å². The molecule has 1 amide bonds. The maximum Gasteiger partial charge on any atom is 0.411 e. The van der Waals surface area contributed by atoms with Crippen molar-refractivity contribution in [3.63, 3.8) is 0 Å². The van der Waals surface area contributed by atoms with Gasteiger partial charge in [0.25, 0.3) is 0 Å². The SMILES string of the molecule is Cc1cc(Nc2ncnc3ccc(NC(=O)OCC(C)(C)N)cc23)ccc1Oc1ccn2ncnc2c1. The molecule has 11 heteroatoms. The second kappa shape index (κ2) is 9.70. The van der Waals surface area contributed by atoms with Gasteiger partial charge in [0.2, 0.25) is 0 Å². The number of carbonyl (C=O) groups is 1. The Bertz CT molecular complexity index is 1590. The lowest BCUT2D eigenvalue weighted by molar-refractivity contribution is 0.138. The van der Waals surface area contributed by atoms with E-state index in [1.165, 1.54) is 12.7 Å². The first-order valence-corrected chi connectivity index (χ1v) is 11.6. The lowest BCUT2D eigenvalue weighted by atomic mass is 10.1. The second-order valence-electron chi connectivity index (χ2n) is 9.28. The number of fused-ring (bicyclic) bond motifs is 2. The zero-order valence-corrected chi connectivity index (χ0v) is 20.6. The number of hydrogen-bond acceptors (Lipinski definition) is 9. The fourth-order valence-electron chi connectivity index (χ4n) is 3.60. The van der Waals surface area contributed by atoms with Gasteiger partial charge in [-0.1, -0.05) is 0 Å². The van der Waals surface area contributed by atoms with Gasteiger partial charge in [0, 0.05) is 34.6 Å². The van der Waals surface area contributed by atoms with Crippen molar-refractivity contribution in [3.8, 4) is 11.5 Å². The van der Waals surface area contributed by atoms with E-state index in [4.69, 9.17) is 15.2 Å². The summed E-state index contributed by atoms with van der Waals surface area (Å²) in [5, 5.41) is 10.9. The number of benzene rings is 2. The smallest absolute Gasteiger partial charge is 0.411 e. The third-order valence-electron chi connectivity index (χ3n) is 5.37. The van der Waals surface area contributed by atoms with E-state index in [0.717, 1.165) is 22.2 Å². The van der Waals surface area contributed by atoms with Gasteiger partial charge in [-0.05, 0) is 68.8 Å². The monoisotopic (exact) mass is 498 g/mol. The largest absolute Gasteiger partial charge is 0.457 e. The summed E-state index contributed by atoms with van der Waals surface area (Å²) in [4.78, 5) is 25.1. The highest BCUT2D eigenvalue weighted by Gasteiger charge is 2.15. The molecule has 0 aliphatic heterocycles. The Hall–Kier alpha value is -4.77. The molecule has 0 bridgehead atoms. The van der Waals surface area contributed by atoms with Crippen LogP contribution in [0.1, 0.15) is 19.4 Å². The van der Waals surface area contributed by atoms with Gasteiger partial charge in [0.1, 0.15) is 36.6 Å². The second-order valence-corrected chi connectivity index (χ2v) is 9.28. The van der Waals surface area contributed by atoms with Gasteiger partial charge in [0.15, 0.2) is 5.65 Å². The van der Waals surface area contributed by atoms with Gasteiger partial charge in [-0.2, -0.15) is 5.10 Å². The lowest BCUT2D eigenvalue weighted by Gasteiger charge is -2.18. The van der Waals surface area contributed by atoms with Crippen molar-refractivity contribution < 1.29 is 14.3 Å². The molecule has 0 aliphatic carbocycles. The van der Waals surface area contributed by atoms with Crippen LogP contribution < -0.4 is 21.1 Å². The number of rotatable bonds is 7. The quantitative estimate of drug-likeness (QED) is 0.288. The molecule has 5 rings (SSSR count). The molecule has 3 aromatic heterocycles. The summed E-state index contributed by atoms with van der Waals surface area (Å²) in [5.41, 5.74) is 8.98. The van der Waals surface area contributed by atoms with Crippen molar-refractivity contribution in [3.05, 3.63) is 72.9 Å². The van der Waals surface area contributed by atoms with Crippen molar-refractivity contribution >= 4 is 39.8 Å². The van der Waals surface area contributed by atoms with E-state index in [1.807, 2.05) is 37.3 Å². The number of nitrogens with two attached hydrogens (primary N) is 1. The normalized spacial score (nSPS) is 11.5. The fraction of sp³-hybridized carbons (Fsp3) is 0.192. The van der Waals surface area contributed by atoms with Crippen LogP contribution in [0, 0.1) is 6.92 Å². The minimum absolute atomic E-state index is 0.0938. The van der Waals surface area contributed by atoms with Crippen LogP contribution >= 0.6 is 0 Å². The van der Waals surface area contributed by atoms with E-state index in [-0.39, 0.29) is 6.61 Å². The number of pyridine rings is 1. The number of aryl methyl sites for hydroxylation is 1. The topological polar surface area (TPSA) is 142 Å². The Morgan fingerprint density at radius 3 is 2.68 bits per heavy atom. The maximum absolute atomic E-state index is 12.2. The Morgan fingerprint density at radius 1 is 1.03 bits per heavy atom. The summed E-state index contributed by atoms with van der Waals surface area (Å²) < 4.78 is 12.9. The van der Waals surface area contributed by atoms with Gasteiger partial charge in [-0.3, -0.25) is 5.32 Å². The molecule has 4 N–H and O–H groups in total. The summed E-state index contributed by atoms with van der Waals surface area (Å²) in [6, 6.07) is 14.8. The van der Waals surface area contributed by atoms with Crippen LogP contribution in [0.2, 0.25) is 0 Å². The van der Waals surface area contributed by atoms with E-state index in [1.54, 1.807) is 42.8 Å². The van der Waals surface area contributed by atoms with Crippen molar-refractivity contribution in [2.24, 2.45) is 5.73 Å². The zero-order chi connectivity index (χ0) is 26.0. The first-order valence-electron chi connectivity index (χ1n) is 11.6. The molecule has 188 valence electrons. The molecular formula is C26H26N8O3. The molecule has 0 atom stereocenters. The molecular weight excluding hydrogens is 472 g/mol. The van der Waals surface area contributed by atoms with Crippen molar-refractivity contribution in [1.82, 2.24) is 24.6 Å². The van der Waals surface area contributed by atoms with Gasteiger partial charge < -0.3 is 20.5 Å². The van der Waals surface area contributed by atoms with Crippen molar-refractivity contribution in [2.45, 2.75) is 26.3 Å². The lowest BCUT2D eigenvalue weighted by Crippen LogP contribution is -2.38. The molecule has 0 saturated heterocycles. The van der Waals surface area contributed by atoms with Crippen LogP contribution in [0.5, 0.6) is 11.5 Å². The molecule has 3 heterocycles. The summed E-state index contributed by atoms with van der Waals surface area (Å²) in [6.07, 6.45) is 4.19. The average molecular weight is 499 g/mol. The van der Waals surface area contributed by atoms with Gasteiger partial charge in [-0.15, -0.1) is 0 Å². The molecule has 5 aromatic rings. The fourth-order valence-corrected chi connectivity index (χ4v) is 3.60. The molecule has 2 aromatic carbocycles. The van der Waals surface area contributed by atoms with E-state index in [2.05, 4.69) is 30.7 Å². The Labute approximate surface area is 212 Å². The number of hydrogen-bond donors (Lipinski definition) is 3. The molecule has 11 nitrogen and oxygen atoms in total. The van der Waals surface area contributed by atoms with Crippen LogP contribution in [-0.4, -0.2) is 42.8 Å². The minimum Gasteiger partial charge on any atom is -0.457 e. The first-order chi connectivity index (χ1) is 17.7. The first kappa shape index (κ1) is 23.9. The van der Waals surface area contributed by atoms with E-state index < -0.39 is 11.6 Å². The van der Waals surface area contributed by atoms with Crippen molar-refractivity contribution in [1.29, 1.82) is 0 Å². The molecule has 0 spiro atoms. The maximum atomic E-state index is 12.2. The molecule has 0 saturated carbocycles.